The number of benzene rings is 1. The topological polar surface area (TPSA) is 202 Å². The highest BCUT2D eigenvalue weighted by molar-refractivity contribution is 6.05. The second-order valence-electron chi connectivity index (χ2n) is 10.7. The quantitative estimate of drug-likeness (QED) is 0.127. The number of fused-ring (bicyclic) bond motifs is 2. The molecule has 0 fully saturated rings. The van der Waals surface area contributed by atoms with Crippen LogP contribution >= 0.6 is 0 Å². The Morgan fingerprint density at radius 2 is 1.78 bits per heavy atom. The maximum atomic E-state index is 13.0. The average molecular weight is 632 g/mol. The van der Waals surface area contributed by atoms with E-state index in [0.717, 1.165) is 0 Å². The molecular weight excluding hydrogens is 586 g/mol. The SMILES string of the molecule is COc1c(O)cc2c(O)c1/C=C(/C)C[C@H](OC)[C@H](OC(=O)CCN)[C@@H](C)/C=C(\C)[C@H](OC(N)=O)[C@@H](OC)/C=C\C=C(/C)C(=O)N2. The summed E-state index contributed by atoms with van der Waals surface area (Å²) in [7, 11) is 4.23. The number of hydrogen-bond acceptors (Lipinski definition) is 11. The molecule has 2 rings (SSSR count). The Morgan fingerprint density at radius 1 is 1.09 bits per heavy atom. The Labute approximate surface area is 263 Å². The van der Waals surface area contributed by atoms with Crippen molar-refractivity contribution in [2.45, 2.75) is 65.0 Å². The van der Waals surface area contributed by atoms with Gasteiger partial charge in [-0.3, -0.25) is 9.59 Å². The minimum absolute atomic E-state index is 0.0103. The van der Waals surface area contributed by atoms with Crippen LogP contribution in [0.15, 0.2) is 47.1 Å². The van der Waals surface area contributed by atoms with Crippen molar-refractivity contribution in [3.05, 3.63) is 52.7 Å². The number of esters is 1. The molecule has 0 aromatic heterocycles. The van der Waals surface area contributed by atoms with Crippen LogP contribution in [0.4, 0.5) is 10.5 Å². The molecule has 0 aliphatic carbocycles. The molecule has 13 nitrogen and oxygen atoms in total. The van der Waals surface area contributed by atoms with E-state index in [9.17, 15) is 24.6 Å². The molecule has 45 heavy (non-hydrogen) atoms. The molecule has 248 valence electrons. The number of phenols is 2. The summed E-state index contributed by atoms with van der Waals surface area (Å²) in [6, 6.07) is 1.18. The molecule has 0 unspecified atom stereocenters. The summed E-state index contributed by atoms with van der Waals surface area (Å²) in [4.78, 5) is 37.5. The second kappa shape index (κ2) is 17.2. The van der Waals surface area contributed by atoms with Crippen molar-refractivity contribution in [3.63, 3.8) is 0 Å². The van der Waals surface area contributed by atoms with E-state index in [4.69, 9.17) is 35.2 Å². The summed E-state index contributed by atoms with van der Waals surface area (Å²) >= 11 is 0. The van der Waals surface area contributed by atoms with Gasteiger partial charge in [-0.1, -0.05) is 36.8 Å². The third-order valence-electron chi connectivity index (χ3n) is 7.23. The molecule has 0 radical (unpaired) electrons. The minimum atomic E-state index is -1.03. The van der Waals surface area contributed by atoms with Crippen molar-refractivity contribution in [1.82, 2.24) is 0 Å². The van der Waals surface area contributed by atoms with Crippen LogP contribution in [0.5, 0.6) is 17.2 Å². The third kappa shape index (κ3) is 10.1. The second-order valence-corrected chi connectivity index (χ2v) is 10.7. The molecule has 2 bridgehead atoms. The molecule has 1 aromatic rings. The van der Waals surface area contributed by atoms with E-state index < -0.39 is 48.3 Å². The Morgan fingerprint density at radius 3 is 2.36 bits per heavy atom. The van der Waals surface area contributed by atoms with Gasteiger partial charge >= 0.3 is 12.1 Å². The molecule has 0 saturated carbocycles. The number of rotatable bonds is 7. The predicted molar refractivity (Wildman–Crippen MR) is 169 cm³/mol. The maximum Gasteiger partial charge on any atom is 0.405 e. The van der Waals surface area contributed by atoms with Gasteiger partial charge in [0.1, 0.15) is 18.0 Å². The van der Waals surface area contributed by atoms with Crippen molar-refractivity contribution in [2.75, 3.05) is 33.2 Å². The smallest absolute Gasteiger partial charge is 0.405 e. The largest absolute Gasteiger partial charge is 0.505 e. The number of primary amides is 1. The van der Waals surface area contributed by atoms with Crippen LogP contribution in [0.25, 0.3) is 6.08 Å². The van der Waals surface area contributed by atoms with Crippen molar-refractivity contribution in [2.24, 2.45) is 17.4 Å². The minimum Gasteiger partial charge on any atom is -0.505 e. The molecule has 2 amide bonds. The normalized spacial score (nSPS) is 27.4. The fraction of sp³-hybridized carbons (Fsp3) is 0.469. The number of allylic oxidation sites excluding steroid dienone is 2. The van der Waals surface area contributed by atoms with Crippen LogP contribution in [-0.2, 0) is 28.5 Å². The predicted octanol–water partition coefficient (Wildman–Crippen LogP) is 3.69. The lowest BCUT2D eigenvalue weighted by atomic mass is 9.91. The lowest BCUT2D eigenvalue weighted by Crippen LogP contribution is -2.39. The maximum absolute atomic E-state index is 13.0. The van der Waals surface area contributed by atoms with E-state index in [1.807, 2.05) is 6.92 Å². The highest BCUT2D eigenvalue weighted by Crippen LogP contribution is 2.43. The van der Waals surface area contributed by atoms with Gasteiger partial charge in [0.05, 0.1) is 30.9 Å². The van der Waals surface area contributed by atoms with Gasteiger partial charge in [-0.2, -0.15) is 0 Å². The molecule has 1 aliphatic rings. The molecule has 1 aromatic carbocycles. The summed E-state index contributed by atoms with van der Waals surface area (Å²) in [5.41, 5.74) is 12.5. The number of methoxy groups -OCH3 is 3. The van der Waals surface area contributed by atoms with E-state index in [1.165, 1.54) is 33.5 Å². The molecule has 5 atom stereocenters. The standard InChI is InChI=1S/C32H45N3O10/c1-17-13-21-27(38)22(16-23(36)30(21)43-7)35-31(39)18(2)9-8-10-24(41-5)28(45-32(34)40)19(3)15-20(4)29(25(14-17)42-6)44-26(37)11-12-33/h8-10,13,15-16,20,24-25,28-29,36,38H,11-12,14,33H2,1-7H3,(H2,34,40)(H,35,39)/b10-8-,17-13-,18-9+,19-15+/t20-,24-,25-,28-,29+/m0/s1. The summed E-state index contributed by atoms with van der Waals surface area (Å²) in [6.07, 6.45) is 3.84. The van der Waals surface area contributed by atoms with E-state index in [-0.39, 0.29) is 53.5 Å². The zero-order valence-electron chi connectivity index (χ0n) is 26.8. The first kappa shape index (κ1) is 36.9. The lowest BCUT2D eigenvalue weighted by Gasteiger charge is -2.31. The lowest BCUT2D eigenvalue weighted by molar-refractivity contribution is -0.159. The third-order valence-corrected chi connectivity index (χ3v) is 7.23. The van der Waals surface area contributed by atoms with Crippen LogP contribution in [-0.4, -0.2) is 80.5 Å². The first-order valence-corrected chi connectivity index (χ1v) is 14.3. The molecule has 0 spiro atoms. The van der Waals surface area contributed by atoms with Gasteiger partial charge in [0.2, 0.25) is 0 Å². The number of carbonyl (C=O) groups excluding carboxylic acids is 3. The Bertz CT molecular complexity index is 1350. The number of phenolic OH excluding ortho intramolecular Hbond substituents is 2. The van der Waals surface area contributed by atoms with Crippen LogP contribution < -0.4 is 21.5 Å². The molecule has 13 heteroatoms. The van der Waals surface area contributed by atoms with Gasteiger partial charge in [0.15, 0.2) is 17.6 Å². The summed E-state index contributed by atoms with van der Waals surface area (Å²) in [6.45, 7) is 6.94. The molecule has 1 heterocycles. The highest BCUT2D eigenvalue weighted by atomic mass is 16.6. The molecular formula is C32H45N3O10. The van der Waals surface area contributed by atoms with Crippen LogP contribution in [0, 0.1) is 5.92 Å². The summed E-state index contributed by atoms with van der Waals surface area (Å²) < 4.78 is 28.1. The van der Waals surface area contributed by atoms with Gasteiger partial charge in [-0.05, 0) is 38.8 Å². The number of hydrogen-bond donors (Lipinski definition) is 5. The van der Waals surface area contributed by atoms with Gasteiger partial charge in [0.25, 0.3) is 5.91 Å². The zero-order chi connectivity index (χ0) is 33.8. The number of amides is 2. The number of nitrogens with two attached hydrogens (primary N) is 2. The van der Waals surface area contributed by atoms with Gasteiger partial charge in [0, 0.05) is 38.3 Å². The number of ether oxygens (including phenoxy) is 5. The number of carbonyl (C=O) groups is 3. The van der Waals surface area contributed by atoms with E-state index in [1.54, 1.807) is 45.1 Å². The van der Waals surface area contributed by atoms with Gasteiger partial charge in [-0.25, -0.2) is 4.79 Å². The Hall–Kier alpha value is -4.33. The van der Waals surface area contributed by atoms with Crippen LogP contribution in [0.2, 0.25) is 0 Å². The average Bonchev–Trinajstić information content (AvgIpc) is 2.97. The van der Waals surface area contributed by atoms with Crippen molar-refractivity contribution >= 4 is 29.7 Å². The van der Waals surface area contributed by atoms with Gasteiger partial charge < -0.3 is 50.7 Å². The summed E-state index contributed by atoms with van der Waals surface area (Å²) in [5, 5.41) is 24.4. The monoisotopic (exact) mass is 631 g/mol. The Kier molecular flexibility index (Phi) is 14.1. The molecule has 7 N–H and O–H groups in total. The first-order valence-electron chi connectivity index (χ1n) is 14.3. The highest BCUT2D eigenvalue weighted by Gasteiger charge is 2.32. The van der Waals surface area contributed by atoms with Gasteiger partial charge in [-0.15, -0.1) is 0 Å². The Balaban J connectivity index is 2.82. The van der Waals surface area contributed by atoms with Crippen molar-refractivity contribution in [1.29, 1.82) is 0 Å². The van der Waals surface area contributed by atoms with Crippen LogP contribution in [0.1, 0.15) is 46.1 Å². The van der Waals surface area contributed by atoms with Crippen LogP contribution in [0.3, 0.4) is 0 Å². The molecule has 1 aliphatic heterocycles. The number of anilines is 1. The summed E-state index contributed by atoms with van der Waals surface area (Å²) in [5.74, 6) is -2.23. The van der Waals surface area contributed by atoms with E-state index in [2.05, 4.69) is 5.32 Å². The fourth-order valence-corrected chi connectivity index (χ4v) is 4.97. The molecule has 0 saturated heterocycles. The number of aromatic hydroxyl groups is 2. The fourth-order valence-electron chi connectivity index (χ4n) is 4.97. The number of nitrogens with one attached hydrogen (secondary N) is 1. The van der Waals surface area contributed by atoms with Crippen molar-refractivity contribution in [3.8, 4) is 17.2 Å². The zero-order valence-corrected chi connectivity index (χ0v) is 26.8. The first-order chi connectivity index (χ1) is 21.3. The van der Waals surface area contributed by atoms with Crippen molar-refractivity contribution < 1.29 is 48.3 Å². The van der Waals surface area contributed by atoms with E-state index >= 15 is 0 Å². The van der Waals surface area contributed by atoms with E-state index in [0.29, 0.717) is 11.1 Å².